The van der Waals surface area contributed by atoms with Gasteiger partial charge in [-0.05, 0) is 26.7 Å². The van der Waals surface area contributed by atoms with E-state index in [2.05, 4.69) is 9.97 Å². The molecule has 1 atom stereocenters. The molecule has 1 aliphatic rings. The normalized spacial score (nSPS) is 18.9. The van der Waals surface area contributed by atoms with E-state index in [9.17, 15) is 14.7 Å². The number of carbonyl (C=O) groups is 1. The van der Waals surface area contributed by atoms with Crippen LogP contribution in [-0.4, -0.2) is 45.1 Å². The molecule has 0 aromatic carbocycles. The second-order valence-corrected chi connectivity index (χ2v) is 4.97. The lowest BCUT2D eigenvalue weighted by atomic mass is 10.1. The van der Waals surface area contributed by atoms with Crippen LogP contribution in [0.2, 0.25) is 0 Å². The van der Waals surface area contributed by atoms with Crippen LogP contribution < -0.4 is 5.69 Å². The summed E-state index contributed by atoms with van der Waals surface area (Å²) in [5.41, 5.74) is 1.66. The van der Waals surface area contributed by atoms with E-state index in [1.54, 1.807) is 18.7 Å². The van der Waals surface area contributed by atoms with Crippen molar-refractivity contribution in [2.75, 3.05) is 13.2 Å². The fourth-order valence-electron chi connectivity index (χ4n) is 2.62. The zero-order valence-electron chi connectivity index (χ0n) is 11.3. The summed E-state index contributed by atoms with van der Waals surface area (Å²) in [6.45, 7) is 4.21. The SMILES string of the molecule is Cc1nc(=O)[nH]c(C)c1CC(=O)N1CCCC1CO. The van der Waals surface area contributed by atoms with Crippen molar-refractivity contribution in [3.63, 3.8) is 0 Å². The number of nitrogens with zero attached hydrogens (tertiary/aromatic N) is 2. The minimum atomic E-state index is -0.388. The molecule has 6 nitrogen and oxygen atoms in total. The quantitative estimate of drug-likeness (QED) is 0.800. The zero-order chi connectivity index (χ0) is 14.0. The van der Waals surface area contributed by atoms with E-state index in [4.69, 9.17) is 0 Å². The number of aryl methyl sites for hydroxylation is 2. The minimum absolute atomic E-state index is 0.00752. The van der Waals surface area contributed by atoms with Gasteiger partial charge in [-0.25, -0.2) is 4.79 Å². The summed E-state index contributed by atoms with van der Waals surface area (Å²) in [4.78, 5) is 31.6. The lowest BCUT2D eigenvalue weighted by molar-refractivity contribution is -0.132. The van der Waals surface area contributed by atoms with Crippen LogP contribution in [0.5, 0.6) is 0 Å². The van der Waals surface area contributed by atoms with Gasteiger partial charge in [-0.3, -0.25) is 4.79 Å². The van der Waals surface area contributed by atoms with Gasteiger partial charge < -0.3 is 15.0 Å². The van der Waals surface area contributed by atoms with Crippen molar-refractivity contribution < 1.29 is 9.90 Å². The molecule has 1 fully saturated rings. The topological polar surface area (TPSA) is 86.3 Å². The molecule has 1 amide bonds. The van der Waals surface area contributed by atoms with E-state index < -0.39 is 0 Å². The Morgan fingerprint density at radius 2 is 2.26 bits per heavy atom. The summed E-state index contributed by atoms with van der Waals surface area (Å²) in [7, 11) is 0. The van der Waals surface area contributed by atoms with Crippen LogP contribution in [-0.2, 0) is 11.2 Å². The number of nitrogens with one attached hydrogen (secondary N) is 1. The first-order chi connectivity index (χ1) is 9.02. The summed E-state index contributed by atoms with van der Waals surface area (Å²) >= 11 is 0. The molecule has 1 aliphatic heterocycles. The Labute approximate surface area is 111 Å². The molecule has 1 saturated heterocycles. The summed E-state index contributed by atoms with van der Waals surface area (Å²) < 4.78 is 0. The van der Waals surface area contributed by atoms with Crippen LogP contribution >= 0.6 is 0 Å². The van der Waals surface area contributed by atoms with Gasteiger partial charge in [0, 0.05) is 23.5 Å². The maximum Gasteiger partial charge on any atom is 0.345 e. The third kappa shape index (κ3) is 2.84. The van der Waals surface area contributed by atoms with Crippen LogP contribution in [0.25, 0.3) is 0 Å². The zero-order valence-corrected chi connectivity index (χ0v) is 11.3. The largest absolute Gasteiger partial charge is 0.394 e. The van der Waals surface area contributed by atoms with Crippen LogP contribution in [0.1, 0.15) is 29.8 Å². The lowest BCUT2D eigenvalue weighted by Gasteiger charge is -2.23. The van der Waals surface area contributed by atoms with Crippen molar-refractivity contribution >= 4 is 5.91 Å². The maximum absolute atomic E-state index is 12.3. The molecule has 0 bridgehead atoms. The van der Waals surface area contributed by atoms with Gasteiger partial charge in [-0.2, -0.15) is 4.98 Å². The Morgan fingerprint density at radius 3 is 2.89 bits per heavy atom. The van der Waals surface area contributed by atoms with Gasteiger partial charge in [0.25, 0.3) is 0 Å². The minimum Gasteiger partial charge on any atom is -0.394 e. The standard InChI is InChI=1S/C13H19N3O3/c1-8-11(9(2)15-13(19)14-8)6-12(18)16-5-3-4-10(16)7-17/h10,17H,3-7H2,1-2H3,(H,14,15,19). The summed E-state index contributed by atoms with van der Waals surface area (Å²) in [5, 5.41) is 9.24. The van der Waals surface area contributed by atoms with Crippen molar-refractivity contribution in [2.24, 2.45) is 0 Å². The van der Waals surface area contributed by atoms with E-state index in [1.807, 2.05) is 0 Å². The van der Waals surface area contributed by atoms with Gasteiger partial charge >= 0.3 is 5.69 Å². The van der Waals surface area contributed by atoms with Crippen molar-refractivity contribution in [3.8, 4) is 0 Å². The number of H-pyrrole nitrogens is 1. The fourth-order valence-corrected chi connectivity index (χ4v) is 2.62. The average Bonchev–Trinajstić information content (AvgIpc) is 2.81. The first-order valence-corrected chi connectivity index (χ1v) is 6.49. The number of aromatic amines is 1. The van der Waals surface area contributed by atoms with Gasteiger partial charge in [-0.1, -0.05) is 0 Å². The number of aromatic nitrogens is 2. The third-order valence-electron chi connectivity index (χ3n) is 3.69. The number of hydrogen-bond acceptors (Lipinski definition) is 4. The van der Waals surface area contributed by atoms with Gasteiger partial charge in [-0.15, -0.1) is 0 Å². The number of rotatable bonds is 3. The van der Waals surface area contributed by atoms with Gasteiger partial charge in [0.05, 0.1) is 19.1 Å². The number of aliphatic hydroxyl groups is 1. The second-order valence-electron chi connectivity index (χ2n) is 4.97. The molecule has 2 rings (SSSR count). The lowest BCUT2D eigenvalue weighted by Crippen LogP contribution is -2.39. The molecule has 0 saturated carbocycles. The Kier molecular flexibility index (Phi) is 3.99. The summed E-state index contributed by atoms with van der Waals surface area (Å²) in [5.74, 6) is -0.0170. The Balaban J connectivity index is 2.17. The Hall–Kier alpha value is -1.69. The highest BCUT2D eigenvalue weighted by atomic mass is 16.3. The van der Waals surface area contributed by atoms with Gasteiger partial charge in [0.1, 0.15) is 0 Å². The van der Waals surface area contributed by atoms with E-state index >= 15 is 0 Å². The number of aliphatic hydroxyl groups excluding tert-OH is 1. The first kappa shape index (κ1) is 13.7. The number of hydrogen-bond donors (Lipinski definition) is 2. The number of amides is 1. The van der Waals surface area contributed by atoms with Crippen molar-refractivity contribution in [1.29, 1.82) is 0 Å². The predicted octanol–water partition coefficient (Wildman–Crippen LogP) is -0.0875. The Bertz CT molecular complexity index is 512. The fraction of sp³-hybridized carbons (Fsp3) is 0.615. The molecule has 1 aromatic heterocycles. The molecule has 104 valence electrons. The van der Waals surface area contributed by atoms with E-state index in [0.717, 1.165) is 18.4 Å². The van der Waals surface area contributed by atoms with Crippen molar-refractivity contribution in [2.45, 2.75) is 39.2 Å². The molecule has 1 unspecified atom stereocenters. The molecular formula is C13H19N3O3. The maximum atomic E-state index is 12.3. The van der Waals surface area contributed by atoms with Crippen LogP contribution in [0.15, 0.2) is 4.79 Å². The van der Waals surface area contributed by atoms with Gasteiger partial charge in [0.2, 0.25) is 5.91 Å². The first-order valence-electron chi connectivity index (χ1n) is 6.49. The molecule has 19 heavy (non-hydrogen) atoms. The molecule has 0 radical (unpaired) electrons. The highest BCUT2D eigenvalue weighted by molar-refractivity contribution is 5.79. The molecule has 0 spiro atoms. The van der Waals surface area contributed by atoms with E-state index in [1.165, 1.54) is 0 Å². The van der Waals surface area contributed by atoms with Gasteiger partial charge in [0.15, 0.2) is 0 Å². The Morgan fingerprint density at radius 1 is 1.53 bits per heavy atom. The number of carbonyl (C=O) groups excluding carboxylic acids is 1. The van der Waals surface area contributed by atoms with Crippen molar-refractivity contribution in [3.05, 3.63) is 27.4 Å². The molecule has 2 N–H and O–H groups in total. The summed E-state index contributed by atoms with van der Waals surface area (Å²) in [6, 6.07) is -0.0659. The van der Waals surface area contributed by atoms with Crippen LogP contribution in [0, 0.1) is 13.8 Å². The van der Waals surface area contributed by atoms with E-state index in [-0.39, 0.29) is 30.7 Å². The highest BCUT2D eigenvalue weighted by Crippen LogP contribution is 2.19. The van der Waals surface area contributed by atoms with Crippen LogP contribution in [0.4, 0.5) is 0 Å². The van der Waals surface area contributed by atoms with Crippen molar-refractivity contribution in [1.82, 2.24) is 14.9 Å². The predicted molar refractivity (Wildman–Crippen MR) is 69.9 cm³/mol. The second kappa shape index (κ2) is 5.52. The monoisotopic (exact) mass is 265 g/mol. The smallest absolute Gasteiger partial charge is 0.345 e. The molecule has 2 heterocycles. The van der Waals surface area contributed by atoms with Crippen LogP contribution in [0.3, 0.4) is 0 Å². The molecule has 6 heteroatoms. The third-order valence-corrected chi connectivity index (χ3v) is 3.69. The summed E-state index contributed by atoms with van der Waals surface area (Å²) in [6.07, 6.45) is 2.00. The molecular weight excluding hydrogens is 246 g/mol. The van der Waals surface area contributed by atoms with E-state index in [0.29, 0.717) is 17.9 Å². The number of likely N-dealkylation sites (tertiary alicyclic amines) is 1. The highest BCUT2D eigenvalue weighted by Gasteiger charge is 2.28. The molecule has 0 aliphatic carbocycles. The molecule has 1 aromatic rings. The average molecular weight is 265 g/mol.